The van der Waals surface area contributed by atoms with E-state index in [4.69, 9.17) is 4.79 Å². The Balaban J connectivity index is 0.000000606. The number of carbonyl (C=O) groups excluding carboxylic acids is 1. The molecule has 84 valence electrons. The number of rotatable bonds is 2. The number of pyridine rings is 1. The lowest BCUT2D eigenvalue weighted by molar-refractivity contribution is -0.444. The third kappa shape index (κ3) is 2.79. The van der Waals surface area contributed by atoms with Crippen LogP contribution in [0.15, 0.2) is 28.7 Å². The van der Waals surface area contributed by atoms with Gasteiger partial charge in [0.15, 0.2) is 5.69 Å². The second kappa shape index (κ2) is 5.85. The van der Waals surface area contributed by atoms with Crippen molar-refractivity contribution in [3.8, 4) is 0 Å². The van der Waals surface area contributed by atoms with Gasteiger partial charge in [0.2, 0.25) is 6.04 Å². The Morgan fingerprint density at radius 2 is 2.19 bits per heavy atom. The lowest BCUT2D eigenvalue weighted by Crippen LogP contribution is -2.04. The standard InChI is InChI=1S/C10H13N4.CH2O/c1-3-9-7-14(13-12-9)10-5-4-8(2)11-6-10;1-2/h4-7,9H,3H2,1-2H3;1H2/q+1;. The molecule has 0 bridgehead atoms. The fourth-order valence-electron chi connectivity index (χ4n) is 1.26. The molecule has 16 heavy (non-hydrogen) atoms. The third-order valence-corrected chi connectivity index (χ3v) is 2.19. The Kier molecular flexibility index (Phi) is 4.44. The number of aromatic nitrogens is 1. The van der Waals surface area contributed by atoms with Gasteiger partial charge in [-0.15, -0.1) is 4.68 Å². The van der Waals surface area contributed by atoms with Crippen molar-refractivity contribution in [3.63, 3.8) is 0 Å². The Bertz CT molecular complexity index is 397. The molecule has 0 amide bonds. The molecule has 0 saturated heterocycles. The van der Waals surface area contributed by atoms with Crippen molar-refractivity contribution in [2.24, 2.45) is 10.3 Å². The summed E-state index contributed by atoms with van der Waals surface area (Å²) >= 11 is 0. The van der Waals surface area contributed by atoms with Crippen molar-refractivity contribution in [3.05, 3.63) is 24.0 Å². The lowest BCUT2D eigenvalue weighted by Gasteiger charge is -1.94. The van der Waals surface area contributed by atoms with E-state index in [1.807, 2.05) is 38.3 Å². The summed E-state index contributed by atoms with van der Waals surface area (Å²) in [5.41, 5.74) is 1.98. The van der Waals surface area contributed by atoms with Gasteiger partial charge in [-0.3, -0.25) is 4.98 Å². The predicted molar refractivity (Wildman–Crippen MR) is 61.0 cm³/mol. The van der Waals surface area contributed by atoms with Crippen LogP contribution in [-0.4, -0.2) is 28.7 Å². The monoisotopic (exact) mass is 219 g/mol. The number of nitrogens with zero attached hydrogens (tertiary/aromatic N) is 4. The van der Waals surface area contributed by atoms with Crippen molar-refractivity contribution >= 4 is 18.7 Å². The Hall–Kier alpha value is -1.91. The summed E-state index contributed by atoms with van der Waals surface area (Å²) in [5.74, 6) is 0. The van der Waals surface area contributed by atoms with E-state index >= 15 is 0 Å². The summed E-state index contributed by atoms with van der Waals surface area (Å²) in [6.45, 7) is 6.06. The largest absolute Gasteiger partial charge is 0.307 e. The molecule has 0 N–H and O–H groups in total. The summed E-state index contributed by atoms with van der Waals surface area (Å²) in [6, 6.07) is 4.18. The van der Waals surface area contributed by atoms with Crippen LogP contribution >= 0.6 is 0 Å². The van der Waals surface area contributed by atoms with Crippen LogP contribution in [0.3, 0.4) is 0 Å². The average Bonchev–Trinajstić information content (AvgIpc) is 2.81. The molecule has 0 radical (unpaired) electrons. The topological polar surface area (TPSA) is 57.7 Å². The molecule has 5 heteroatoms. The van der Waals surface area contributed by atoms with Gasteiger partial charge in [-0.25, -0.2) is 0 Å². The Morgan fingerprint density at radius 3 is 2.69 bits per heavy atom. The first kappa shape index (κ1) is 12.2. The molecule has 1 atom stereocenters. The number of aryl methyl sites for hydroxylation is 1. The van der Waals surface area contributed by atoms with Gasteiger partial charge < -0.3 is 4.79 Å². The first-order valence-corrected chi connectivity index (χ1v) is 5.06. The minimum atomic E-state index is 0.219. The zero-order chi connectivity index (χ0) is 12.0. The molecule has 0 saturated carbocycles. The van der Waals surface area contributed by atoms with Gasteiger partial charge >= 0.3 is 0 Å². The molecule has 0 aromatic carbocycles. The average molecular weight is 219 g/mol. The highest BCUT2D eigenvalue weighted by atomic mass is 16.1. The molecule has 1 aliphatic rings. The predicted octanol–water partition coefficient (Wildman–Crippen LogP) is 2.08. The van der Waals surface area contributed by atoms with E-state index in [0.29, 0.717) is 0 Å². The van der Waals surface area contributed by atoms with Gasteiger partial charge in [-0.1, -0.05) is 6.92 Å². The SMILES string of the molecule is C=O.CCC1C=[N+](c2ccc(C)nc2)N=N1. The molecular weight excluding hydrogens is 204 g/mol. The van der Waals surface area contributed by atoms with Gasteiger partial charge in [-0.2, -0.15) is 0 Å². The fraction of sp³-hybridized carbons (Fsp3) is 0.364. The maximum atomic E-state index is 8.00. The molecule has 1 aromatic heterocycles. The highest BCUT2D eigenvalue weighted by molar-refractivity contribution is 5.61. The van der Waals surface area contributed by atoms with Crippen molar-refractivity contribution < 1.29 is 9.48 Å². The van der Waals surface area contributed by atoms with E-state index in [1.165, 1.54) is 0 Å². The molecule has 1 aromatic rings. The maximum absolute atomic E-state index is 8.00. The Morgan fingerprint density at radius 1 is 1.44 bits per heavy atom. The van der Waals surface area contributed by atoms with Gasteiger partial charge in [0.1, 0.15) is 18.2 Å². The van der Waals surface area contributed by atoms with E-state index in [9.17, 15) is 0 Å². The number of carbonyl (C=O) groups is 1. The van der Waals surface area contributed by atoms with Gasteiger partial charge in [-0.05, 0) is 25.5 Å². The van der Waals surface area contributed by atoms with Crippen molar-refractivity contribution in [1.82, 2.24) is 4.98 Å². The molecule has 1 unspecified atom stereocenters. The summed E-state index contributed by atoms with van der Waals surface area (Å²) in [5, 5.41) is 8.15. The smallest absolute Gasteiger partial charge is 0.222 e. The molecule has 0 spiro atoms. The third-order valence-electron chi connectivity index (χ3n) is 2.19. The second-order valence-electron chi connectivity index (χ2n) is 3.33. The van der Waals surface area contributed by atoms with Gasteiger partial charge in [0.25, 0.3) is 0 Å². The highest BCUT2D eigenvalue weighted by Crippen LogP contribution is 2.15. The van der Waals surface area contributed by atoms with Crippen LogP contribution in [0.1, 0.15) is 19.0 Å². The van der Waals surface area contributed by atoms with Crippen molar-refractivity contribution in [2.75, 3.05) is 0 Å². The molecular formula is C11H15N4O+. The zero-order valence-corrected chi connectivity index (χ0v) is 9.50. The normalized spacial score (nSPS) is 17.6. The van der Waals surface area contributed by atoms with Crippen LogP contribution in [0, 0.1) is 6.92 Å². The van der Waals surface area contributed by atoms with E-state index in [-0.39, 0.29) is 6.04 Å². The Labute approximate surface area is 94.5 Å². The van der Waals surface area contributed by atoms with Crippen LogP contribution in [0.25, 0.3) is 0 Å². The molecule has 2 rings (SSSR count). The van der Waals surface area contributed by atoms with Gasteiger partial charge in [0.05, 0.1) is 6.20 Å². The van der Waals surface area contributed by atoms with Crippen LogP contribution in [0.4, 0.5) is 5.69 Å². The summed E-state index contributed by atoms with van der Waals surface area (Å²) in [4.78, 5) is 12.2. The van der Waals surface area contributed by atoms with E-state index in [1.54, 1.807) is 4.68 Å². The zero-order valence-electron chi connectivity index (χ0n) is 9.50. The molecule has 0 fully saturated rings. The van der Waals surface area contributed by atoms with Crippen LogP contribution in [0.5, 0.6) is 0 Å². The van der Waals surface area contributed by atoms with E-state index in [2.05, 4.69) is 22.2 Å². The molecule has 5 nitrogen and oxygen atoms in total. The number of hydrogen-bond acceptors (Lipinski definition) is 4. The van der Waals surface area contributed by atoms with Crippen LogP contribution in [0.2, 0.25) is 0 Å². The van der Waals surface area contributed by atoms with Gasteiger partial charge in [0, 0.05) is 10.8 Å². The minimum Gasteiger partial charge on any atom is -0.307 e. The second-order valence-corrected chi connectivity index (χ2v) is 3.33. The van der Waals surface area contributed by atoms with Crippen LogP contribution in [-0.2, 0) is 4.79 Å². The highest BCUT2D eigenvalue weighted by Gasteiger charge is 2.20. The first-order chi connectivity index (χ1) is 7.79. The molecule has 0 aliphatic carbocycles. The van der Waals surface area contributed by atoms with Crippen molar-refractivity contribution in [2.45, 2.75) is 26.3 Å². The molecule has 1 aliphatic heterocycles. The summed E-state index contributed by atoms with van der Waals surface area (Å²) in [6.07, 6.45) is 4.80. The minimum absolute atomic E-state index is 0.219. The fourth-order valence-corrected chi connectivity index (χ4v) is 1.26. The van der Waals surface area contributed by atoms with E-state index in [0.717, 1.165) is 17.8 Å². The quantitative estimate of drug-likeness (QED) is 0.715. The van der Waals surface area contributed by atoms with E-state index < -0.39 is 0 Å². The summed E-state index contributed by atoms with van der Waals surface area (Å²) < 4.78 is 1.78. The maximum Gasteiger partial charge on any atom is 0.222 e. The lowest BCUT2D eigenvalue weighted by atomic mass is 10.3. The van der Waals surface area contributed by atoms with Crippen molar-refractivity contribution in [1.29, 1.82) is 0 Å². The first-order valence-electron chi connectivity index (χ1n) is 5.06. The summed E-state index contributed by atoms with van der Waals surface area (Å²) in [7, 11) is 0. The number of hydrogen-bond donors (Lipinski definition) is 0. The molecule has 2 heterocycles. The van der Waals surface area contributed by atoms with Crippen LogP contribution < -0.4 is 0 Å².